The molecule has 110 valence electrons. The third-order valence-electron chi connectivity index (χ3n) is 3.29. The SMILES string of the molecule is Cc1nc2ccccc2c(=O)n1CC(=O)Nc1ccccn1. The Kier molecular flexibility index (Phi) is 3.65. The van der Waals surface area contributed by atoms with Gasteiger partial charge in [-0.05, 0) is 31.2 Å². The van der Waals surface area contributed by atoms with Gasteiger partial charge in [0.25, 0.3) is 5.56 Å². The molecule has 3 aromatic rings. The normalized spacial score (nSPS) is 10.6. The molecule has 0 spiro atoms. The number of benzene rings is 1. The number of aryl methyl sites for hydroxylation is 1. The van der Waals surface area contributed by atoms with Crippen LogP contribution >= 0.6 is 0 Å². The molecule has 0 saturated heterocycles. The molecule has 0 aliphatic heterocycles. The lowest BCUT2D eigenvalue weighted by Gasteiger charge is -2.10. The molecule has 1 amide bonds. The molecule has 1 N–H and O–H groups in total. The average molecular weight is 294 g/mol. The van der Waals surface area contributed by atoms with Gasteiger partial charge in [0.15, 0.2) is 0 Å². The third-order valence-corrected chi connectivity index (χ3v) is 3.29. The second-order valence-electron chi connectivity index (χ2n) is 4.83. The molecule has 0 atom stereocenters. The number of nitrogens with one attached hydrogen (secondary N) is 1. The number of fused-ring (bicyclic) bond motifs is 1. The van der Waals surface area contributed by atoms with Crippen LogP contribution in [0.2, 0.25) is 0 Å². The predicted molar refractivity (Wildman–Crippen MR) is 83.6 cm³/mol. The number of rotatable bonds is 3. The van der Waals surface area contributed by atoms with Crippen LogP contribution in [0.15, 0.2) is 53.5 Å². The molecule has 0 fully saturated rings. The second-order valence-corrected chi connectivity index (χ2v) is 4.83. The molecule has 3 rings (SSSR count). The van der Waals surface area contributed by atoms with E-state index >= 15 is 0 Å². The first-order chi connectivity index (χ1) is 10.6. The Balaban J connectivity index is 1.91. The zero-order valence-electron chi connectivity index (χ0n) is 12.0. The van der Waals surface area contributed by atoms with E-state index in [2.05, 4.69) is 15.3 Å². The van der Waals surface area contributed by atoms with Crippen LogP contribution in [0.5, 0.6) is 0 Å². The van der Waals surface area contributed by atoms with E-state index in [0.717, 1.165) is 0 Å². The number of hydrogen-bond donors (Lipinski definition) is 1. The van der Waals surface area contributed by atoms with Gasteiger partial charge in [-0.1, -0.05) is 18.2 Å². The number of anilines is 1. The summed E-state index contributed by atoms with van der Waals surface area (Å²) in [7, 11) is 0. The van der Waals surface area contributed by atoms with Gasteiger partial charge in [0, 0.05) is 6.20 Å². The summed E-state index contributed by atoms with van der Waals surface area (Å²) >= 11 is 0. The summed E-state index contributed by atoms with van der Waals surface area (Å²) in [6, 6.07) is 12.3. The first-order valence-corrected chi connectivity index (χ1v) is 6.82. The molecule has 0 aliphatic carbocycles. The Labute approximate surface area is 126 Å². The maximum Gasteiger partial charge on any atom is 0.261 e. The number of amides is 1. The van der Waals surface area contributed by atoms with Crippen LogP contribution < -0.4 is 10.9 Å². The highest BCUT2D eigenvalue weighted by Crippen LogP contribution is 2.07. The van der Waals surface area contributed by atoms with Crippen molar-refractivity contribution in [1.82, 2.24) is 14.5 Å². The van der Waals surface area contributed by atoms with Crippen LogP contribution in [-0.4, -0.2) is 20.4 Å². The van der Waals surface area contributed by atoms with Gasteiger partial charge in [-0.15, -0.1) is 0 Å². The van der Waals surface area contributed by atoms with Crippen molar-refractivity contribution in [2.75, 3.05) is 5.32 Å². The number of hydrogen-bond acceptors (Lipinski definition) is 4. The van der Waals surface area contributed by atoms with Crippen LogP contribution in [0, 0.1) is 6.92 Å². The fourth-order valence-corrected chi connectivity index (χ4v) is 2.23. The zero-order chi connectivity index (χ0) is 15.5. The molecule has 2 heterocycles. The van der Waals surface area contributed by atoms with E-state index in [1.54, 1.807) is 49.5 Å². The van der Waals surface area contributed by atoms with Gasteiger partial charge in [0.1, 0.15) is 18.2 Å². The maximum atomic E-state index is 12.5. The Hall–Kier alpha value is -3.02. The van der Waals surface area contributed by atoms with Gasteiger partial charge in [0.2, 0.25) is 5.91 Å². The Morgan fingerprint density at radius 2 is 1.95 bits per heavy atom. The Morgan fingerprint density at radius 3 is 2.73 bits per heavy atom. The summed E-state index contributed by atoms with van der Waals surface area (Å²) < 4.78 is 1.36. The summed E-state index contributed by atoms with van der Waals surface area (Å²) in [5, 5.41) is 3.15. The zero-order valence-corrected chi connectivity index (χ0v) is 12.0. The molecule has 0 radical (unpaired) electrons. The number of aromatic nitrogens is 3. The molecule has 1 aromatic carbocycles. The van der Waals surface area contributed by atoms with E-state index in [-0.39, 0.29) is 18.0 Å². The van der Waals surface area contributed by atoms with Crippen LogP contribution in [0.25, 0.3) is 10.9 Å². The van der Waals surface area contributed by atoms with Gasteiger partial charge in [-0.3, -0.25) is 14.2 Å². The van der Waals surface area contributed by atoms with E-state index in [0.29, 0.717) is 22.5 Å². The van der Waals surface area contributed by atoms with Crippen molar-refractivity contribution in [2.45, 2.75) is 13.5 Å². The summed E-state index contributed by atoms with van der Waals surface area (Å²) in [6.45, 7) is 1.61. The molecule has 0 bridgehead atoms. The summed E-state index contributed by atoms with van der Waals surface area (Å²) in [6.07, 6.45) is 1.59. The summed E-state index contributed by atoms with van der Waals surface area (Å²) in [5.41, 5.74) is 0.408. The minimum absolute atomic E-state index is 0.0981. The molecular weight excluding hydrogens is 280 g/mol. The maximum absolute atomic E-state index is 12.5. The van der Waals surface area contributed by atoms with E-state index in [9.17, 15) is 9.59 Å². The Bertz CT molecular complexity index is 888. The molecule has 6 heteroatoms. The summed E-state index contributed by atoms with van der Waals surface area (Å²) in [5.74, 6) is 0.632. The van der Waals surface area contributed by atoms with Crippen molar-refractivity contribution < 1.29 is 4.79 Å². The first kappa shape index (κ1) is 13.9. The van der Waals surface area contributed by atoms with Crippen molar-refractivity contribution in [3.05, 3.63) is 64.8 Å². The van der Waals surface area contributed by atoms with Crippen molar-refractivity contribution in [2.24, 2.45) is 0 Å². The largest absolute Gasteiger partial charge is 0.309 e. The molecule has 2 aromatic heterocycles. The number of nitrogens with zero attached hydrogens (tertiary/aromatic N) is 3. The van der Waals surface area contributed by atoms with Gasteiger partial charge >= 0.3 is 0 Å². The van der Waals surface area contributed by atoms with Gasteiger partial charge in [0.05, 0.1) is 10.9 Å². The molecule has 0 aliphatic rings. The molecular formula is C16H14N4O2. The quantitative estimate of drug-likeness (QED) is 0.798. The highest BCUT2D eigenvalue weighted by Gasteiger charge is 2.11. The smallest absolute Gasteiger partial charge is 0.261 e. The Morgan fingerprint density at radius 1 is 1.18 bits per heavy atom. The van der Waals surface area contributed by atoms with Gasteiger partial charge in [-0.25, -0.2) is 9.97 Å². The van der Waals surface area contributed by atoms with E-state index in [1.807, 2.05) is 6.07 Å². The van der Waals surface area contributed by atoms with E-state index in [1.165, 1.54) is 4.57 Å². The lowest BCUT2D eigenvalue weighted by atomic mass is 10.2. The van der Waals surface area contributed by atoms with Crippen molar-refractivity contribution in [3.63, 3.8) is 0 Å². The predicted octanol–water partition coefficient (Wildman–Crippen LogP) is 1.74. The van der Waals surface area contributed by atoms with Gasteiger partial charge < -0.3 is 5.32 Å². The number of para-hydroxylation sites is 1. The van der Waals surface area contributed by atoms with Crippen LogP contribution in [0.1, 0.15) is 5.82 Å². The fraction of sp³-hybridized carbons (Fsp3) is 0.125. The number of carbonyl (C=O) groups excluding carboxylic acids is 1. The number of pyridine rings is 1. The third kappa shape index (κ3) is 2.71. The summed E-state index contributed by atoms with van der Waals surface area (Å²) in [4.78, 5) is 32.9. The topological polar surface area (TPSA) is 76.9 Å². The van der Waals surface area contributed by atoms with Crippen molar-refractivity contribution in [3.8, 4) is 0 Å². The standard InChI is InChI=1S/C16H14N4O2/c1-11-18-13-7-3-2-6-12(13)16(22)20(11)10-15(21)19-14-8-4-5-9-17-14/h2-9H,10H2,1H3,(H,17,19,21). The van der Waals surface area contributed by atoms with Crippen molar-refractivity contribution in [1.29, 1.82) is 0 Å². The van der Waals surface area contributed by atoms with E-state index in [4.69, 9.17) is 0 Å². The minimum Gasteiger partial charge on any atom is -0.309 e. The second kappa shape index (κ2) is 5.77. The number of carbonyl (C=O) groups is 1. The van der Waals surface area contributed by atoms with Crippen LogP contribution in [0.3, 0.4) is 0 Å². The lowest BCUT2D eigenvalue weighted by molar-refractivity contribution is -0.116. The minimum atomic E-state index is -0.319. The highest BCUT2D eigenvalue weighted by molar-refractivity contribution is 5.89. The average Bonchev–Trinajstić information content (AvgIpc) is 2.52. The molecule has 0 unspecified atom stereocenters. The van der Waals surface area contributed by atoms with Crippen molar-refractivity contribution >= 4 is 22.6 Å². The fourth-order valence-electron chi connectivity index (χ4n) is 2.23. The molecule has 0 saturated carbocycles. The van der Waals surface area contributed by atoms with E-state index < -0.39 is 0 Å². The molecule has 6 nitrogen and oxygen atoms in total. The molecule has 22 heavy (non-hydrogen) atoms. The van der Waals surface area contributed by atoms with Gasteiger partial charge in [-0.2, -0.15) is 0 Å². The van der Waals surface area contributed by atoms with Crippen LogP contribution in [0.4, 0.5) is 5.82 Å². The first-order valence-electron chi connectivity index (χ1n) is 6.82. The highest BCUT2D eigenvalue weighted by atomic mass is 16.2. The monoisotopic (exact) mass is 294 g/mol. The lowest BCUT2D eigenvalue weighted by Crippen LogP contribution is -2.30. The van der Waals surface area contributed by atoms with Crippen LogP contribution in [-0.2, 0) is 11.3 Å².